The predicted molar refractivity (Wildman–Crippen MR) is 70.0 cm³/mol. The van der Waals surface area contributed by atoms with Crippen LogP contribution in [0.1, 0.15) is 25.8 Å². The van der Waals surface area contributed by atoms with Crippen molar-refractivity contribution in [2.75, 3.05) is 31.1 Å². The van der Waals surface area contributed by atoms with Crippen LogP contribution in [-0.2, 0) is 0 Å². The number of aromatic nitrogens is 1. The van der Waals surface area contributed by atoms with Gasteiger partial charge in [0.15, 0.2) is 0 Å². The molecule has 0 spiro atoms. The summed E-state index contributed by atoms with van der Waals surface area (Å²) in [5.74, 6) is 1.11. The molecule has 1 fully saturated rings. The van der Waals surface area contributed by atoms with Crippen LogP contribution in [0.15, 0.2) is 18.3 Å². The number of anilines is 1. The highest BCUT2D eigenvalue weighted by atomic mass is 15.2. The molecule has 0 atom stereocenters. The molecule has 2 heterocycles. The molecule has 1 aromatic heterocycles. The van der Waals surface area contributed by atoms with Crippen LogP contribution in [0, 0.1) is 6.92 Å². The minimum Gasteiger partial charge on any atom is -0.355 e. The zero-order valence-electron chi connectivity index (χ0n) is 10.7. The second-order valence-corrected chi connectivity index (χ2v) is 3.78. The molecule has 1 saturated heterocycles. The molecule has 1 aliphatic rings. The Bertz CT molecular complexity index is 274. The lowest BCUT2D eigenvalue weighted by atomic mass is 10.3. The average Bonchev–Trinajstić information content (AvgIpc) is 2.61. The lowest BCUT2D eigenvalue weighted by Gasteiger charge is -2.20. The molecule has 0 aliphatic carbocycles. The molecular weight excluding hydrogens is 198 g/mol. The number of nitrogens with one attached hydrogen (secondary N) is 1. The van der Waals surface area contributed by atoms with Gasteiger partial charge in [0.25, 0.3) is 0 Å². The summed E-state index contributed by atoms with van der Waals surface area (Å²) in [4.78, 5) is 6.79. The smallest absolute Gasteiger partial charge is 0.128 e. The molecule has 0 radical (unpaired) electrons. The van der Waals surface area contributed by atoms with E-state index in [4.69, 9.17) is 0 Å². The lowest BCUT2D eigenvalue weighted by Crippen LogP contribution is -2.28. The third-order valence-electron chi connectivity index (χ3n) is 2.56. The number of hydrogen-bond acceptors (Lipinski definition) is 3. The van der Waals surface area contributed by atoms with Crippen molar-refractivity contribution in [3.05, 3.63) is 23.9 Å². The van der Waals surface area contributed by atoms with Crippen LogP contribution in [0.3, 0.4) is 0 Å². The minimum atomic E-state index is 1.07. The zero-order valence-corrected chi connectivity index (χ0v) is 10.7. The van der Waals surface area contributed by atoms with Crippen LogP contribution in [0.25, 0.3) is 0 Å². The van der Waals surface area contributed by atoms with Crippen LogP contribution in [0.2, 0.25) is 0 Å². The summed E-state index contributed by atoms with van der Waals surface area (Å²) >= 11 is 0. The Morgan fingerprint density at radius 1 is 1.19 bits per heavy atom. The number of aryl methyl sites for hydroxylation is 1. The van der Waals surface area contributed by atoms with Crippen LogP contribution in [0.5, 0.6) is 0 Å². The topological polar surface area (TPSA) is 28.2 Å². The highest BCUT2D eigenvalue weighted by molar-refractivity contribution is 5.39. The summed E-state index contributed by atoms with van der Waals surface area (Å²) in [6, 6.07) is 4.24. The van der Waals surface area contributed by atoms with Gasteiger partial charge in [0.05, 0.1) is 0 Å². The summed E-state index contributed by atoms with van der Waals surface area (Å²) in [6.07, 6.45) is 3.14. The van der Waals surface area contributed by atoms with Gasteiger partial charge in [-0.15, -0.1) is 0 Å². The Balaban J connectivity index is 0.000000606. The van der Waals surface area contributed by atoms with Gasteiger partial charge in [0, 0.05) is 25.8 Å². The van der Waals surface area contributed by atoms with E-state index in [-0.39, 0.29) is 0 Å². The minimum absolute atomic E-state index is 1.07. The highest BCUT2D eigenvalue weighted by Crippen LogP contribution is 2.11. The summed E-state index contributed by atoms with van der Waals surface area (Å²) in [5, 5.41) is 3.39. The molecule has 90 valence electrons. The first kappa shape index (κ1) is 13.0. The Morgan fingerprint density at radius 2 is 2.00 bits per heavy atom. The molecule has 0 amide bonds. The molecule has 0 unspecified atom stereocenters. The molecule has 16 heavy (non-hydrogen) atoms. The Hall–Kier alpha value is -1.09. The quantitative estimate of drug-likeness (QED) is 0.788. The van der Waals surface area contributed by atoms with Gasteiger partial charge in [-0.25, -0.2) is 4.98 Å². The Labute approximate surface area is 98.9 Å². The van der Waals surface area contributed by atoms with Gasteiger partial charge in [-0.1, -0.05) is 19.9 Å². The zero-order chi connectivity index (χ0) is 11.8. The third kappa shape index (κ3) is 3.81. The molecule has 1 aliphatic heterocycles. The van der Waals surface area contributed by atoms with Crippen molar-refractivity contribution in [3.8, 4) is 0 Å². The van der Waals surface area contributed by atoms with Crippen molar-refractivity contribution < 1.29 is 0 Å². The molecule has 1 aromatic rings. The van der Waals surface area contributed by atoms with E-state index in [9.17, 15) is 0 Å². The average molecular weight is 221 g/mol. The van der Waals surface area contributed by atoms with Gasteiger partial charge in [-0.05, 0) is 31.5 Å². The van der Waals surface area contributed by atoms with E-state index in [0.29, 0.717) is 0 Å². The van der Waals surface area contributed by atoms with Crippen molar-refractivity contribution in [2.45, 2.75) is 27.2 Å². The monoisotopic (exact) mass is 221 g/mol. The third-order valence-corrected chi connectivity index (χ3v) is 2.56. The second kappa shape index (κ2) is 7.23. The molecule has 1 N–H and O–H groups in total. The lowest BCUT2D eigenvalue weighted by molar-refractivity contribution is 0.724. The number of rotatable bonds is 1. The van der Waals surface area contributed by atoms with Gasteiger partial charge in [0.1, 0.15) is 5.82 Å². The second-order valence-electron chi connectivity index (χ2n) is 3.78. The van der Waals surface area contributed by atoms with E-state index < -0.39 is 0 Å². The number of hydrogen-bond donors (Lipinski definition) is 1. The first-order chi connectivity index (χ1) is 7.86. The largest absolute Gasteiger partial charge is 0.355 e. The fourth-order valence-electron chi connectivity index (χ4n) is 1.72. The van der Waals surface area contributed by atoms with E-state index in [1.54, 1.807) is 0 Å². The van der Waals surface area contributed by atoms with E-state index >= 15 is 0 Å². The van der Waals surface area contributed by atoms with E-state index in [0.717, 1.165) is 32.0 Å². The van der Waals surface area contributed by atoms with Gasteiger partial charge in [-0.2, -0.15) is 0 Å². The summed E-state index contributed by atoms with van der Waals surface area (Å²) in [6.45, 7) is 10.4. The van der Waals surface area contributed by atoms with Crippen LogP contribution in [0.4, 0.5) is 5.82 Å². The van der Waals surface area contributed by atoms with E-state index in [2.05, 4.69) is 34.3 Å². The summed E-state index contributed by atoms with van der Waals surface area (Å²) in [7, 11) is 0. The van der Waals surface area contributed by atoms with Gasteiger partial charge in [0.2, 0.25) is 0 Å². The molecule has 0 aromatic carbocycles. The Morgan fingerprint density at radius 3 is 2.69 bits per heavy atom. The van der Waals surface area contributed by atoms with Crippen molar-refractivity contribution in [3.63, 3.8) is 0 Å². The fourth-order valence-corrected chi connectivity index (χ4v) is 1.72. The predicted octanol–water partition coefficient (Wildman–Crippen LogP) is 2.22. The first-order valence-electron chi connectivity index (χ1n) is 6.24. The number of pyridine rings is 1. The van der Waals surface area contributed by atoms with Crippen molar-refractivity contribution in [2.24, 2.45) is 0 Å². The van der Waals surface area contributed by atoms with Crippen molar-refractivity contribution >= 4 is 5.82 Å². The SMILES string of the molecule is CC.Cc1ccc(N2CCCNCC2)nc1. The van der Waals surface area contributed by atoms with Crippen molar-refractivity contribution in [1.29, 1.82) is 0 Å². The van der Waals surface area contributed by atoms with E-state index in [1.165, 1.54) is 12.0 Å². The molecule has 3 heteroatoms. The van der Waals surface area contributed by atoms with E-state index in [1.807, 2.05) is 20.0 Å². The molecule has 3 nitrogen and oxygen atoms in total. The maximum atomic E-state index is 4.44. The standard InChI is InChI=1S/C11H17N3.C2H6/c1-10-3-4-11(13-9-10)14-7-2-5-12-6-8-14;1-2/h3-4,9,12H,2,5-8H2,1H3;1-2H3. The van der Waals surface area contributed by atoms with Gasteiger partial charge in [-0.3, -0.25) is 0 Å². The first-order valence-corrected chi connectivity index (χ1v) is 6.24. The van der Waals surface area contributed by atoms with Crippen molar-refractivity contribution in [1.82, 2.24) is 10.3 Å². The Kier molecular flexibility index (Phi) is 5.86. The molecule has 2 rings (SSSR count). The van der Waals surface area contributed by atoms with Gasteiger partial charge < -0.3 is 10.2 Å². The van der Waals surface area contributed by atoms with Crippen LogP contribution < -0.4 is 10.2 Å². The molecule has 0 saturated carbocycles. The normalized spacial score (nSPS) is 16.1. The molecule has 0 bridgehead atoms. The highest BCUT2D eigenvalue weighted by Gasteiger charge is 2.09. The summed E-state index contributed by atoms with van der Waals surface area (Å²) in [5.41, 5.74) is 1.22. The summed E-state index contributed by atoms with van der Waals surface area (Å²) < 4.78 is 0. The maximum absolute atomic E-state index is 4.44. The van der Waals surface area contributed by atoms with Crippen LogP contribution in [-0.4, -0.2) is 31.2 Å². The fraction of sp³-hybridized carbons (Fsp3) is 0.615. The molecular formula is C13H23N3. The van der Waals surface area contributed by atoms with Gasteiger partial charge >= 0.3 is 0 Å². The van der Waals surface area contributed by atoms with Crippen LogP contribution >= 0.6 is 0 Å². The number of nitrogens with zero attached hydrogens (tertiary/aromatic N) is 2. The maximum Gasteiger partial charge on any atom is 0.128 e.